The first-order chi connectivity index (χ1) is 9.10. The maximum atomic E-state index is 12.6. The number of hydrogen-bond donors (Lipinski definition) is 0. The van der Waals surface area contributed by atoms with Gasteiger partial charge in [0, 0.05) is 24.9 Å². The lowest BCUT2D eigenvalue weighted by molar-refractivity contribution is -0.140. The molecule has 110 valence electrons. The second-order valence-electron chi connectivity index (χ2n) is 5.83. The van der Waals surface area contributed by atoms with Crippen LogP contribution in [0.5, 0.6) is 0 Å². The number of carbonyl (C=O) groups is 2. The maximum Gasteiger partial charge on any atom is 0.225 e. The van der Waals surface area contributed by atoms with Crippen LogP contribution in [-0.2, 0) is 9.59 Å². The van der Waals surface area contributed by atoms with Crippen molar-refractivity contribution in [2.24, 2.45) is 5.92 Å². The summed E-state index contributed by atoms with van der Waals surface area (Å²) in [7, 11) is 0. The zero-order valence-electron chi connectivity index (χ0n) is 12.8. The van der Waals surface area contributed by atoms with Gasteiger partial charge in [0.25, 0.3) is 0 Å². The molecule has 1 amide bonds. The summed E-state index contributed by atoms with van der Waals surface area (Å²) >= 11 is 0. The monoisotopic (exact) mass is 267 g/mol. The lowest BCUT2D eigenvalue weighted by Gasteiger charge is -2.37. The minimum atomic E-state index is 0.160. The van der Waals surface area contributed by atoms with E-state index in [0.717, 1.165) is 51.5 Å². The van der Waals surface area contributed by atoms with Crippen molar-refractivity contribution in [2.45, 2.75) is 78.2 Å². The van der Waals surface area contributed by atoms with E-state index in [4.69, 9.17) is 0 Å². The van der Waals surface area contributed by atoms with E-state index in [1.807, 2.05) is 4.90 Å². The molecule has 0 saturated carbocycles. The normalized spacial score (nSPS) is 21.2. The van der Waals surface area contributed by atoms with Gasteiger partial charge in [-0.25, -0.2) is 0 Å². The van der Waals surface area contributed by atoms with Crippen molar-refractivity contribution >= 4 is 11.7 Å². The number of likely N-dealkylation sites (tertiary alicyclic amines) is 1. The van der Waals surface area contributed by atoms with Gasteiger partial charge in [-0.2, -0.15) is 0 Å². The molecule has 19 heavy (non-hydrogen) atoms. The van der Waals surface area contributed by atoms with Crippen molar-refractivity contribution < 1.29 is 9.59 Å². The number of hydrogen-bond acceptors (Lipinski definition) is 2. The summed E-state index contributed by atoms with van der Waals surface area (Å²) < 4.78 is 0. The van der Waals surface area contributed by atoms with Gasteiger partial charge < -0.3 is 4.90 Å². The summed E-state index contributed by atoms with van der Waals surface area (Å²) in [4.78, 5) is 26.0. The van der Waals surface area contributed by atoms with Gasteiger partial charge in [0.1, 0.15) is 5.78 Å². The Hall–Kier alpha value is -0.860. The van der Waals surface area contributed by atoms with Crippen LogP contribution in [0.15, 0.2) is 0 Å². The van der Waals surface area contributed by atoms with Crippen molar-refractivity contribution in [1.29, 1.82) is 0 Å². The highest BCUT2D eigenvalue weighted by Crippen LogP contribution is 2.25. The molecule has 1 aliphatic heterocycles. The molecular weight excluding hydrogens is 238 g/mol. The first kappa shape index (κ1) is 16.2. The third kappa shape index (κ3) is 4.96. The molecule has 2 unspecified atom stereocenters. The van der Waals surface area contributed by atoms with E-state index in [9.17, 15) is 9.59 Å². The average molecular weight is 267 g/mol. The van der Waals surface area contributed by atoms with Crippen LogP contribution in [0, 0.1) is 5.92 Å². The molecule has 0 N–H and O–H groups in total. The molecule has 1 rings (SSSR count). The van der Waals surface area contributed by atoms with Crippen LogP contribution in [0.4, 0.5) is 0 Å². The molecule has 1 heterocycles. The molecular formula is C16H29NO2. The van der Waals surface area contributed by atoms with Crippen molar-refractivity contribution in [1.82, 2.24) is 4.90 Å². The van der Waals surface area contributed by atoms with Gasteiger partial charge >= 0.3 is 0 Å². The van der Waals surface area contributed by atoms with E-state index in [1.54, 1.807) is 6.92 Å². The molecule has 0 aromatic rings. The SMILES string of the molecule is CCCCC(CC)C(=O)N1CCCCC1CC(C)=O. The molecule has 0 aromatic heterocycles. The molecule has 1 aliphatic rings. The summed E-state index contributed by atoms with van der Waals surface area (Å²) in [6, 6.07) is 0.162. The molecule has 1 saturated heterocycles. The number of nitrogens with zero attached hydrogens (tertiary/aromatic N) is 1. The fourth-order valence-corrected chi connectivity index (χ4v) is 3.02. The zero-order chi connectivity index (χ0) is 14.3. The van der Waals surface area contributed by atoms with Crippen LogP contribution < -0.4 is 0 Å². The highest BCUT2D eigenvalue weighted by atomic mass is 16.2. The Morgan fingerprint density at radius 1 is 1.26 bits per heavy atom. The Kier molecular flexibility index (Phi) is 7.11. The second-order valence-corrected chi connectivity index (χ2v) is 5.83. The maximum absolute atomic E-state index is 12.6. The molecule has 2 atom stereocenters. The second kappa shape index (κ2) is 8.34. The van der Waals surface area contributed by atoms with E-state index in [0.29, 0.717) is 12.3 Å². The summed E-state index contributed by atoms with van der Waals surface area (Å²) in [6.07, 6.45) is 7.94. The third-order valence-electron chi connectivity index (χ3n) is 4.18. The minimum absolute atomic E-state index is 0.160. The van der Waals surface area contributed by atoms with Crippen molar-refractivity contribution in [3.05, 3.63) is 0 Å². The van der Waals surface area contributed by atoms with Gasteiger partial charge in [0.2, 0.25) is 5.91 Å². The number of unbranched alkanes of at least 4 members (excludes halogenated alkanes) is 1. The molecule has 0 aliphatic carbocycles. The minimum Gasteiger partial charge on any atom is -0.339 e. The van der Waals surface area contributed by atoms with Gasteiger partial charge in [0.05, 0.1) is 0 Å². The van der Waals surface area contributed by atoms with Crippen molar-refractivity contribution in [2.75, 3.05) is 6.54 Å². The first-order valence-electron chi connectivity index (χ1n) is 7.90. The molecule has 1 fully saturated rings. The predicted molar refractivity (Wildman–Crippen MR) is 78.0 cm³/mol. The average Bonchev–Trinajstić information content (AvgIpc) is 2.39. The van der Waals surface area contributed by atoms with E-state index in [1.165, 1.54) is 0 Å². The number of piperidine rings is 1. The highest BCUT2D eigenvalue weighted by molar-refractivity contribution is 5.81. The van der Waals surface area contributed by atoms with Crippen LogP contribution in [0.2, 0.25) is 0 Å². The van der Waals surface area contributed by atoms with E-state index in [2.05, 4.69) is 13.8 Å². The Bertz CT molecular complexity index is 301. The van der Waals surface area contributed by atoms with Gasteiger partial charge in [-0.05, 0) is 39.0 Å². The van der Waals surface area contributed by atoms with E-state index in [-0.39, 0.29) is 17.7 Å². The largest absolute Gasteiger partial charge is 0.339 e. The molecule has 0 bridgehead atoms. The fourth-order valence-electron chi connectivity index (χ4n) is 3.02. The van der Waals surface area contributed by atoms with Crippen LogP contribution in [-0.4, -0.2) is 29.2 Å². The van der Waals surface area contributed by atoms with Gasteiger partial charge in [0.15, 0.2) is 0 Å². The van der Waals surface area contributed by atoms with Crippen LogP contribution in [0.25, 0.3) is 0 Å². The highest BCUT2D eigenvalue weighted by Gasteiger charge is 2.30. The van der Waals surface area contributed by atoms with Crippen LogP contribution >= 0.6 is 0 Å². The van der Waals surface area contributed by atoms with Gasteiger partial charge in [-0.1, -0.05) is 26.7 Å². The number of ketones is 1. The van der Waals surface area contributed by atoms with E-state index >= 15 is 0 Å². The lowest BCUT2D eigenvalue weighted by atomic mass is 9.92. The zero-order valence-corrected chi connectivity index (χ0v) is 12.8. The van der Waals surface area contributed by atoms with Crippen molar-refractivity contribution in [3.8, 4) is 0 Å². The smallest absolute Gasteiger partial charge is 0.225 e. The standard InChI is InChI=1S/C16H29NO2/c1-4-6-9-14(5-2)16(19)17-11-8-7-10-15(17)12-13(3)18/h14-15H,4-12H2,1-3H3. The molecule has 3 heteroatoms. The van der Waals surface area contributed by atoms with E-state index < -0.39 is 0 Å². The Labute approximate surface area is 117 Å². The fraction of sp³-hybridized carbons (Fsp3) is 0.875. The number of Topliss-reactive ketones (excluding diaryl/α,β-unsaturated/α-hetero) is 1. The number of amides is 1. The van der Waals surface area contributed by atoms with Crippen molar-refractivity contribution in [3.63, 3.8) is 0 Å². The Balaban J connectivity index is 2.66. The predicted octanol–water partition coefficient (Wildman–Crippen LogP) is 3.56. The summed E-state index contributed by atoms with van der Waals surface area (Å²) in [5, 5.41) is 0. The molecule has 0 spiro atoms. The molecule has 0 aromatic carbocycles. The first-order valence-corrected chi connectivity index (χ1v) is 7.90. The van der Waals surface area contributed by atoms with Crippen LogP contribution in [0.1, 0.15) is 72.1 Å². The summed E-state index contributed by atoms with van der Waals surface area (Å²) in [5.74, 6) is 0.653. The topological polar surface area (TPSA) is 37.4 Å². The third-order valence-corrected chi connectivity index (χ3v) is 4.18. The van der Waals surface area contributed by atoms with Gasteiger partial charge in [-0.3, -0.25) is 9.59 Å². The lowest BCUT2D eigenvalue weighted by Crippen LogP contribution is -2.47. The Morgan fingerprint density at radius 2 is 2.00 bits per heavy atom. The quantitative estimate of drug-likeness (QED) is 0.707. The summed E-state index contributed by atoms with van der Waals surface area (Å²) in [6.45, 7) is 6.74. The van der Waals surface area contributed by atoms with Gasteiger partial charge in [-0.15, -0.1) is 0 Å². The molecule has 3 nitrogen and oxygen atoms in total. The summed E-state index contributed by atoms with van der Waals surface area (Å²) in [5.41, 5.74) is 0. The Morgan fingerprint density at radius 3 is 2.58 bits per heavy atom. The number of rotatable bonds is 7. The number of carbonyl (C=O) groups excluding carboxylic acids is 2. The molecule has 0 radical (unpaired) electrons. The van der Waals surface area contributed by atoms with Crippen LogP contribution in [0.3, 0.4) is 0 Å².